The van der Waals surface area contributed by atoms with Crippen molar-refractivity contribution >= 4 is 0 Å². The van der Waals surface area contributed by atoms with Crippen molar-refractivity contribution in [1.29, 1.82) is 0 Å². The van der Waals surface area contributed by atoms with Crippen LogP contribution in [0.5, 0.6) is 5.75 Å². The monoisotopic (exact) mass is 196 g/mol. The van der Waals surface area contributed by atoms with Gasteiger partial charge in [-0.1, -0.05) is 27.2 Å². The van der Waals surface area contributed by atoms with Crippen molar-refractivity contribution in [2.45, 2.75) is 52.4 Å². The molecule has 0 aromatic carbocycles. The highest BCUT2D eigenvalue weighted by Gasteiger charge is 2.15. The largest absolute Gasteiger partial charge is 0.504 e. The van der Waals surface area contributed by atoms with Crippen molar-refractivity contribution in [3.05, 3.63) is 11.4 Å². The molecular weight excluding hydrogens is 176 g/mol. The lowest BCUT2D eigenvalue weighted by Gasteiger charge is -2.04. The second kappa shape index (κ2) is 5.03. The number of nitrogens with zero attached hydrogens (tertiary/aromatic N) is 1. The fourth-order valence-electron chi connectivity index (χ4n) is 1.45. The Hall–Kier alpha value is -0.990. The molecule has 1 aromatic heterocycles. The second-order valence-electron chi connectivity index (χ2n) is 3.85. The van der Waals surface area contributed by atoms with E-state index in [0.717, 1.165) is 37.1 Å². The highest BCUT2D eigenvalue weighted by atomic mass is 16.3. The second-order valence-corrected chi connectivity index (χ2v) is 3.85. The molecule has 3 nitrogen and oxygen atoms in total. The van der Waals surface area contributed by atoms with Gasteiger partial charge in [-0.3, -0.25) is 5.10 Å². The number of aromatic nitrogens is 2. The van der Waals surface area contributed by atoms with Gasteiger partial charge in [-0.25, -0.2) is 0 Å². The zero-order chi connectivity index (χ0) is 10.6. The predicted octanol–water partition coefficient (Wildman–Crippen LogP) is 2.97. The van der Waals surface area contributed by atoms with Crippen molar-refractivity contribution in [2.24, 2.45) is 0 Å². The molecule has 14 heavy (non-hydrogen) atoms. The van der Waals surface area contributed by atoms with Crippen LogP contribution in [0, 0.1) is 0 Å². The van der Waals surface area contributed by atoms with Crippen LogP contribution >= 0.6 is 0 Å². The maximum absolute atomic E-state index is 9.86. The van der Waals surface area contributed by atoms with Gasteiger partial charge >= 0.3 is 0 Å². The normalized spacial score (nSPS) is 13.1. The van der Waals surface area contributed by atoms with E-state index >= 15 is 0 Å². The van der Waals surface area contributed by atoms with Crippen LogP contribution in [0.3, 0.4) is 0 Å². The van der Waals surface area contributed by atoms with Crippen molar-refractivity contribution in [3.63, 3.8) is 0 Å². The number of nitrogens with one attached hydrogen (secondary N) is 1. The van der Waals surface area contributed by atoms with Crippen molar-refractivity contribution in [2.75, 3.05) is 0 Å². The lowest BCUT2D eigenvalue weighted by molar-refractivity contribution is 0.454. The van der Waals surface area contributed by atoms with Gasteiger partial charge in [-0.15, -0.1) is 0 Å². The SMILES string of the molecule is CCCCc1[nH]nc(C(C)CC)c1O. The van der Waals surface area contributed by atoms with Gasteiger partial charge < -0.3 is 5.11 Å². The van der Waals surface area contributed by atoms with E-state index in [4.69, 9.17) is 0 Å². The molecule has 1 aromatic rings. The number of hydrogen-bond donors (Lipinski definition) is 2. The Labute approximate surface area is 85.5 Å². The number of rotatable bonds is 5. The van der Waals surface area contributed by atoms with Gasteiger partial charge in [0.1, 0.15) is 5.69 Å². The van der Waals surface area contributed by atoms with Gasteiger partial charge in [-0.05, 0) is 19.3 Å². The number of aryl methyl sites for hydroxylation is 1. The molecule has 0 radical (unpaired) electrons. The summed E-state index contributed by atoms with van der Waals surface area (Å²) in [7, 11) is 0. The Morgan fingerprint density at radius 3 is 2.71 bits per heavy atom. The van der Waals surface area contributed by atoms with E-state index in [1.807, 2.05) is 0 Å². The summed E-state index contributed by atoms with van der Waals surface area (Å²) in [6.07, 6.45) is 4.13. The molecule has 0 bridgehead atoms. The molecule has 0 amide bonds. The number of aromatic hydroxyl groups is 1. The number of H-pyrrole nitrogens is 1. The lowest BCUT2D eigenvalue weighted by atomic mass is 10.0. The summed E-state index contributed by atoms with van der Waals surface area (Å²) in [6.45, 7) is 6.33. The topological polar surface area (TPSA) is 48.9 Å². The van der Waals surface area contributed by atoms with Crippen LogP contribution in [0.2, 0.25) is 0 Å². The molecule has 0 saturated heterocycles. The first kappa shape index (κ1) is 11.1. The smallest absolute Gasteiger partial charge is 0.160 e. The van der Waals surface area contributed by atoms with E-state index in [0.29, 0.717) is 11.7 Å². The maximum Gasteiger partial charge on any atom is 0.160 e. The highest BCUT2D eigenvalue weighted by molar-refractivity contribution is 5.33. The van der Waals surface area contributed by atoms with E-state index in [1.54, 1.807) is 0 Å². The molecule has 1 unspecified atom stereocenters. The van der Waals surface area contributed by atoms with E-state index in [2.05, 4.69) is 31.0 Å². The van der Waals surface area contributed by atoms with E-state index < -0.39 is 0 Å². The standard InChI is InChI=1S/C11H20N2O/c1-4-6-7-9-11(14)10(13-12-9)8(3)5-2/h8,14H,4-7H2,1-3H3,(H,12,13). The average molecular weight is 196 g/mol. The van der Waals surface area contributed by atoms with E-state index in [1.165, 1.54) is 0 Å². The Bertz CT molecular complexity index is 281. The first-order chi connectivity index (χ1) is 6.70. The minimum Gasteiger partial charge on any atom is -0.504 e. The number of aromatic amines is 1. The summed E-state index contributed by atoms with van der Waals surface area (Å²) < 4.78 is 0. The lowest BCUT2D eigenvalue weighted by Crippen LogP contribution is -1.91. The van der Waals surface area contributed by atoms with E-state index in [9.17, 15) is 5.11 Å². The summed E-state index contributed by atoms with van der Waals surface area (Å²) in [6, 6.07) is 0. The molecule has 3 heteroatoms. The maximum atomic E-state index is 9.86. The molecule has 80 valence electrons. The first-order valence-corrected chi connectivity index (χ1v) is 5.46. The van der Waals surface area contributed by atoms with Crippen LogP contribution in [0.4, 0.5) is 0 Å². The summed E-state index contributed by atoms with van der Waals surface area (Å²) in [5.74, 6) is 0.717. The zero-order valence-electron chi connectivity index (χ0n) is 9.30. The van der Waals surface area contributed by atoms with Crippen LogP contribution in [0.25, 0.3) is 0 Å². The molecule has 0 aliphatic carbocycles. The first-order valence-electron chi connectivity index (χ1n) is 5.46. The van der Waals surface area contributed by atoms with Gasteiger partial charge in [-0.2, -0.15) is 5.10 Å². The third kappa shape index (κ3) is 2.28. The van der Waals surface area contributed by atoms with Gasteiger partial charge in [0.15, 0.2) is 5.75 Å². The van der Waals surface area contributed by atoms with Crippen LogP contribution in [0.15, 0.2) is 0 Å². The molecule has 0 saturated carbocycles. The Morgan fingerprint density at radius 2 is 2.14 bits per heavy atom. The molecule has 0 aliphatic rings. The quantitative estimate of drug-likeness (QED) is 0.760. The Balaban J connectivity index is 2.74. The molecule has 2 N–H and O–H groups in total. The molecule has 1 heterocycles. The third-order valence-electron chi connectivity index (χ3n) is 2.70. The molecule has 0 aliphatic heterocycles. The van der Waals surface area contributed by atoms with Crippen molar-refractivity contribution in [1.82, 2.24) is 10.2 Å². The summed E-state index contributed by atoms with van der Waals surface area (Å²) in [5, 5.41) is 17.0. The fraction of sp³-hybridized carbons (Fsp3) is 0.727. The van der Waals surface area contributed by atoms with Gasteiger partial charge in [0.05, 0.1) is 5.69 Å². The Kier molecular flexibility index (Phi) is 3.98. The van der Waals surface area contributed by atoms with Crippen LogP contribution in [-0.4, -0.2) is 15.3 Å². The Morgan fingerprint density at radius 1 is 1.43 bits per heavy atom. The van der Waals surface area contributed by atoms with Crippen LogP contribution in [0.1, 0.15) is 57.3 Å². The van der Waals surface area contributed by atoms with Crippen molar-refractivity contribution in [3.8, 4) is 5.75 Å². The average Bonchev–Trinajstić information content (AvgIpc) is 2.56. The fourth-order valence-corrected chi connectivity index (χ4v) is 1.45. The van der Waals surface area contributed by atoms with Crippen LogP contribution in [-0.2, 0) is 6.42 Å². The van der Waals surface area contributed by atoms with Gasteiger partial charge in [0, 0.05) is 5.92 Å². The molecular formula is C11H20N2O. The predicted molar refractivity (Wildman–Crippen MR) is 57.6 cm³/mol. The molecule has 0 spiro atoms. The molecule has 0 fully saturated rings. The third-order valence-corrected chi connectivity index (χ3v) is 2.70. The van der Waals surface area contributed by atoms with E-state index in [-0.39, 0.29) is 0 Å². The minimum atomic E-state index is 0.335. The molecule has 1 rings (SSSR count). The highest BCUT2D eigenvalue weighted by Crippen LogP contribution is 2.29. The van der Waals surface area contributed by atoms with Gasteiger partial charge in [0.2, 0.25) is 0 Å². The van der Waals surface area contributed by atoms with Crippen LogP contribution < -0.4 is 0 Å². The summed E-state index contributed by atoms with van der Waals surface area (Å²) >= 11 is 0. The van der Waals surface area contributed by atoms with Gasteiger partial charge in [0.25, 0.3) is 0 Å². The summed E-state index contributed by atoms with van der Waals surface area (Å²) in [5.41, 5.74) is 1.71. The number of hydrogen-bond acceptors (Lipinski definition) is 2. The summed E-state index contributed by atoms with van der Waals surface area (Å²) in [4.78, 5) is 0. The molecule has 1 atom stereocenters. The zero-order valence-corrected chi connectivity index (χ0v) is 9.30. The van der Waals surface area contributed by atoms with Crippen molar-refractivity contribution < 1.29 is 5.11 Å². The number of unbranched alkanes of at least 4 members (excludes halogenated alkanes) is 1. The minimum absolute atomic E-state index is 0.335.